The number of anilines is 5. The first-order valence-corrected chi connectivity index (χ1v) is 7.86. The maximum Gasteiger partial charge on any atom is 0.159 e. The number of nitrogen functional groups attached to an aromatic ring is 1. The molecule has 1 heterocycles. The van der Waals surface area contributed by atoms with E-state index in [4.69, 9.17) is 5.73 Å². The van der Waals surface area contributed by atoms with Gasteiger partial charge in [-0.15, -0.1) is 0 Å². The molecule has 0 radical (unpaired) electrons. The van der Waals surface area contributed by atoms with Crippen LogP contribution in [0.2, 0.25) is 0 Å². The van der Waals surface area contributed by atoms with E-state index in [9.17, 15) is 4.79 Å². The summed E-state index contributed by atoms with van der Waals surface area (Å²) in [4.78, 5) is 19.9. The quantitative estimate of drug-likeness (QED) is 0.610. The molecule has 0 aliphatic carbocycles. The third-order valence-corrected chi connectivity index (χ3v) is 3.81. The Balaban J connectivity index is 1.88. The second-order valence-electron chi connectivity index (χ2n) is 5.69. The van der Waals surface area contributed by atoms with Crippen molar-refractivity contribution in [1.29, 1.82) is 0 Å². The number of aromatic nitrogens is 2. The zero-order valence-electron chi connectivity index (χ0n) is 14.1. The molecule has 0 saturated carbocycles. The summed E-state index contributed by atoms with van der Waals surface area (Å²) >= 11 is 0. The van der Waals surface area contributed by atoms with Crippen molar-refractivity contribution in [2.75, 3.05) is 16.4 Å². The van der Waals surface area contributed by atoms with Crippen LogP contribution in [0.3, 0.4) is 0 Å². The third-order valence-electron chi connectivity index (χ3n) is 3.81. The van der Waals surface area contributed by atoms with E-state index in [2.05, 4.69) is 20.6 Å². The van der Waals surface area contributed by atoms with Crippen LogP contribution >= 0.6 is 0 Å². The first-order valence-electron chi connectivity index (χ1n) is 7.86. The summed E-state index contributed by atoms with van der Waals surface area (Å²) in [7, 11) is 0. The van der Waals surface area contributed by atoms with Crippen LogP contribution in [0.4, 0.5) is 28.7 Å². The molecule has 0 unspecified atom stereocenters. The average molecular weight is 333 g/mol. The fourth-order valence-electron chi connectivity index (χ4n) is 2.39. The highest BCUT2D eigenvalue weighted by Gasteiger charge is 2.10. The minimum Gasteiger partial charge on any atom is -0.393 e. The van der Waals surface area contributed by atoms with Crippen molar-refractivity contribution < 1.29 is 4.79 Å². The number of hydrogen-bond donors (Lipinski definition) is 3. The number of para-hydroxylation sites is 1. The molecule has 25 heavy (non-hydrogen) atoms. The van der Waals surface area contributed by atoms with Gasteiger partial charge >= 0.3 is 0 Å². The Kier molecular flexibility index (Phi) is 4.61. The van der Waals surface area contributed by atoms with Gasteiger partial charge in [0.25, 0.3) is 0 Å². The van der Waals surface area contributed by atoms with E-state index in [-0.39, 0.29) is 5.78 Å². The van der Waals surface area contributed by atoms with Gasteiger partial charge < -0.3 is 16.4 Å². The molecule has 6 nitrogen and oxygen atoms in total. The SMILES string of the molecule is CC(=O)c1cccc(Nc2ncnc(Nc3ccccc3C)c2N)c1. The Bertz CT molecular complexity index is 923. The van der Waals surface area contributed by atoms with Crippen molar-refractivity contribution in [2.24, 2.45) is 0 Å². The first kappa shape index (κ1) is 16.4. The van der Waals surface area contributed by atoms with Gasteiger partial charge in [0, 0.05) is 16.9 Å². The maximum absolute atomic E-state index is 11.5. The molecular formula is C19H19N5O. The molecule has 3 aromatic rings. The van der Waals surface area contributed by atoms with E-state index < -0.39 is 0 Å². The summed E-state index contributed by atoms with van der Waals surface area (Å²) < 4.78 is 0. The number of hydrogen-bond acceptors (Lipinski definition) is 6. The lowest BCUT2D eigenvalue weighted by Gasteiger charge is -2.14. The topological polar surface area (TPSA) is 92.9 Å². The van der Waals surface area contributed by atoms with Gasteiger partial charge in [-0.05, 0) is 37.6 Å². The number of nitrogens with two attached hydrogens (primary N) is 1. The summed E-state index contributed by atoms with van der Waals surface area (Å²) in [5.41, 5.74) is 9.98. The summed E-state index contributed by atoms with van der Waals surface area (Å²) in [5, 5.41) is 6.37. The number of carbonyl (C=O) groups excluding carboxylic acids is 1. The highest BCUT2D eigenvalue weighted by Crippen LogP contribution is 2.29. The molecular weight excluding hydrogens is 314 g/mol. The number of nitrogens with one attached hydrogen (secondary N) is 2. The minimum absolute atomic E-state index is 0.00113. The summed E-state index contributed by atoms with van der Waals surface area (Å²) in [5.74, 6) is 1.00. The van der Waals surface area contributed by atoms with Crippen molar-refractivity contribution >= 4 is 34.5 Å². The van der Waals surface area contributed by atoms with Gasteiger partial charge in [-0.25, -0.2) is 9.97 Å². The Morgan fingerprint density at radius 1 is 1.00 bits per heavy atom. The largest absolute Gasteiger partial charge is 0.393 e. The average Bonchev–Trinajstić information content (AvgIpc) is 2.60. The van der Waals surface area contributed by atoms with Crippen LogP contribution in [0.15, 0.2) is 54.9 Å². The fraction of sp³-hybridized carbons (Fsp3) is 0.105. The molecule has 0 saturated heterocycles. The number of ketones is 1. The Labute approximate surface area is 146 Å². The lowest BCUT2D eigenvalue weighted by molar-refractivity contribution is 0.101. The highest BCUT2D eigenvalue weighted by atomic mass is 16.1. The van der Waals surface area contributed by atoms with Crippen LogP contribution in [0.1, 0.15) is 22.8 Å². The number of carbonyl (C=O) groups is 1. The zero-order chi connectivity index (χ0) is 17.8. The van der Waals surface area contributed by atoms with Crippen molar-refractivity contribution in [3.63, 3.8) is 0 Å². The monoisotopic (exact) mass is 333 g/mol. The Morgan fingerprint density at radius 2 is 1.72 bits per heavy atom. The third kappa shape index (κ3) is 3.74. The molecule has 0 bridgehead atoms. The highest BCUT2D eigenvalue weighted by molar-refractivity contribution is 5.95. The number of aryl methyl sites for hydroxylation is 1. The smallest absolute Gasteiger partial charge is 0.159 e. The van der Waals surface area contributed by atoms with Crippen molar-refractivity contribution in [1.82, 2.24) is 9.97 Å². The van der Waals surface area contributed by atoms with Crippen LogP contribution in [0.5, 0.6) is 0 Å². The van der Waals surface area contributed by atoms with E-state index in [0.717, 1.165) is 16.9 Å². The Morgan fingerprint density at radius 3 is 2.44 bits per heavy atom. The summed E-state index contributed by atoms with van der Waals surface area (Å²) in [6.07, 6.45) is 1.44. The number of Topliss-reactive ketones (excluding diaryl/α,β-unsaturated/α-hetero) is 1. The molecule has 0 atom stereocenters. The molecule has 0 spiro atoms. The van der Waals surface area contributed by atoms with Gasteiger partial charge in [-0.2, -0.15) is 0 Å². The van der Waals surface area contributed by atoms with Crippen LogP contribution in [0.25, 0.3) is 0 Å². The van der Waals surface area contributed by atoms with Crippen molar-refractivity contribution in [2.45, 2.75) is 13.8 Å². The van der Waals surface area contributed by atoms with Gasteiger partial charge in [0.1, 0.15) is 12.0 Å². The second-order valence-corrected chi connectivity index (χ2v) is 5.69. The molecule has 0 aliphatic rings. The lowest BCUT2D eigenvalue weighted by atomic mass is 10.1. The van der Waals surface area contributed by atoms with Gasteiger partial charge in [0.05, 0.1) is 0 Å². The van der Waals surface area contributed by atoms with Gasteiger partial charge in [-0.3, -0.25) is 4.79 Å². The summed E-state index contributed by atoms with van der Waals surface area (Å²) in [6, 6.07) is 15.1. The normalized spacial score (nSPS) is 10.3. The molecule has 0 aliphatic heterocycles. The fourth-order valence-corrected chi connectivity index (χ4v) is 2.39. The molecule has 1 aromatic heterocycles. The molecule has 2 aromatic carbocycles. The standard InChI is InChI=1S/C19H19N5O/c1-12-6-3-4-9-16(12)24-19-17(20)18(21-11-22-19)23-15-8-5-7-14(10-15)13(2)25/h3-11H,20H2,1-2H3,(H2,21,22,23,24). The van der Waals surface area contributed by atoms with Gasteiger partial charge in [0.2, 0.25) is 0 Å². The number of nitrogens with zero attached hydrogens (tertiary/aromatic N) is 2. The first-order chi connectivity index (χ1) is 12.0. The lowest BCUT2D eigenvalue weighted by Crippen LogP contribution is -2.06. The van der Waals surface area contributed by atoms with E-state index in [1.165, 1.54) is 13.3 Å². The molecule has 126 valence electrons. The Hall–Kier alpha value is -3.41. The van der Waals surface area contributed by atoms with Crippen molar-refractivity contribution in [3.8, 4) is 0 Å². The maximum atomic E-state index is 11.5. The number of rotatable bonds is 5. The van der Waals surface area contributed by atoms with Crippen LogP contribution in [-0.4, -0.2) is 15.8 Å². The van der Waals surface area contributed by atoms with E-state index in [1.807, 2.05) is 43.3 Å². The zero-order valence-corrected chi connectivity index (χ0v) is 14.1. The molecule has 0 fully saturated rings. The molecule has 4 N–H and O–H groups in total. The van der Waals surface area contributed by atoms with E-state index in [1.54, 1.807) is 12.1 Å². The number of benzene rings is 2. The molecule has 0 amide bonds. The van der Waals surface area contributed by atoms with Gasteiger partial charge in [0.15, 0.2) is 17.4 Å². The molecule has 6 heteroatoms. The summed E-state index contributed by atoms with van der Waals surface area (Å²) in [6.45, 7) is 3.54. The van der Waals surface area contributed by atoms with Crippen LogP contribution < -0.4 is 16.4 Å². The van der Waals surface area contributed by atoms with Gasteiger partial charge in [-0.1, -0.05) is 30.3 Å². The van der Waals surface area contributed by atoms with Crippen molar-refractivity contribution in [3.05, 3.63) is 66.0 Å². The molecule has 3 rings (SSSR count). The second kappa shape index (κ2) is 7.00. The minimum atomic E-state index is 0.00113. The van der Waals surface area contributed by atoms with E-state index >= 15 is 0 Å². The van der Waals surface area contributed by atoms with Crippen LogP contribution in [0, 0.1) is 6.92 Å². The predicted molar refractivity (Wildman–Crippen MR) is 101 cm³/mol. The van der Waals surface area contributed by atoms with Crippen LogP contribution in [-0.2, 0) is 0 Å². The predicted octanol–water partition coefficient (Wildman–Crippen LogP) is 4.06. The van der Waals surface area contributed by atoms with E-state index in [0.29, 0.717) is 22.9 Å².